The Bertz CT molecular complexity index is 1140. The molecule has 3 aromatic rings. The monoisotopic (exact) mass is 481 g/mol. The Morgan fingerprint density at radius 2 is 1.68 bits per heavy atom. The summed E-state index contributed by atoms with van der Waals surface area (Å²) in [6.07, 6.45) is 3.66. The zero-order valence-corrected chi connectivity index (χ0v) is 19.7. The van der Waals surface area contributed by atoms with E-state index in [1.807, 2.05) is 11.8 Å². The number of hydrogen-bond acceptors (Lipinski definition) is 2. The van der Waals surface area contributed by atoms with Crippen molar-refractivity contribution in [2.45, 2.75) is 6.42 Å². The molecule has 1 nitrogen and oxygen atoms in total. The standard InChI is InChI=1S/C25H20NS.In/c1-2-10-21(11-3-1)25-16-7-6-12-22(25)15-8-14-20-9-4-5-13-23(20)17-24-18-27-19-26-24;/h1-7,10-14,16,26H,15,18-19H2;. The van der Waals surface area contributed by atoms with Gasteiger partial charge < -0.3 is 0 Å². The summed E-state index contributed by atoms with van der Waals surface area (Å²) < 4.78 is 5.21. The molecule has 3 aliphatic rings. The van der Waals surface area contributed by atoms with Crippen molar-refractivity contribution in [2.75, 3.05) is 11.6 Å². The van der Waals surface area contributed by atoms with Gasteiger partial charge in [0, 0.05) is 0 Å². The molecule has 0 radical (unpaired) electrons. The van der Waals surface area contributed by atoms with Crippen molar-refractivity contribution in [2.24, 2.45) is 0 Å². The molecule has 0 aliphatic carbocycles. The fourth-order valence-electron chi connectivity index (χ4n) is 4.99. The van der Waals surface area contributed by atoms with Gasteiger partial charge in [-0.15, -0.1) is 0 Å². The summed E-state index contributed by atoms with van der Waals surface area (Å²) in [7, 11) is 0. The van der Waals surface area contributed by atoms with Crippen LogP contribution in [0.5, 0.6) is 0 Å². The van der Waals surface area contributed by atoms with Crippen LogP contribution in [0.25, 0.3) is 20.5 Å². The van der Waals surface area contributed by atoms with Gasteiger partial charge in [-0.1, -0.05) is 0 Å². The summed E-state index contributed by atoms with van der Waals surface area (Å²) >= 11 is -0.135. The third-order valence-electron chi connectivity index (χ3n) is 6.19. The van der Waals surface area contributed by atoms with Crippen molar-refractivity contribution in [1.29, 1.82) is 0 Å². The molecular formula is C25H20InNS. The van der Waals surface area contributed by atoms with E-state index in [9.17, 15) is 0 Å². The van der Waals surface area contributed by atoms with Crippen molar-refractivity contribution < 1.29 is 0 Å². The first-order chi connectivity index (χ1) is 13.9. The molecule has 1 N–H and O–H groups in total. The number of rotatable bonds is 3. The molecule has 0 aromatic heterocycles. The summed E-state index contributed by atoms with van der Waals surface area (Å²) in [5.41, 5.74) is 8.81. The van der Waals surface area contributed by atoms with Crippen LogP contribution in [0.3, 0.4) is 0 Å². The van der Waals surface area contributed by atoms with E-state index in [0.29, 0.717) is 0 Å². The molecule has 28 heavy (non-hydrogen) atoms. The van der Waals surface area contributed by atoms with E-state index in [1.54, 1.807) is 21.1 Å². The van der Waals surface area contributed by atoms with Crippen molar-refractivity contribution in [3.63, 3.8) is 0 Å². The molecule has 1 fully saturated rings. The fraction of sp³-hybridized carbons (Fsp3) is 0.120. The summed E-state index contributed by atoms with van der Waals surface area (Å²) in [5, 5.41) is 3.69. The second kappa shape index (κ2) is 6.89. The topological polar surface area (TPSA) is 12.0 Å². The van der Waals surface area contributed by atoms with Gasteiger partial charge in [-0.2, -0.15) is 0 Å². The van der Waals surface area contributed by atoms with Crippen molar-refractivity contribution in [1.82, 2.24) is 5.32 Å². The molecule has 6 rings (SSSR count). The van der Waals surface area contributed by atoms with Crippen molar-refractivity contribution in [3.8, 4) is 11.1 Å². The van der Waals surface area contributed by atoms with E-state index in [2.05, 4.69) is 84.2 Å². The number of benzene rings is 3. The minimum atomic E-state index is -2.15. The van der Waals surface area contributed by atoms with Gasteiger partial charge in [0.25, 0.3) is 0 Å². The third-order valence-corrected chi connectivity index (χ3v) is 16.9. The Labute approximate surface area is 178 Å². The molecular weight excluding hydrogens is 461 g/mol. The maximum atomic E-state index is 3.69. The normalized spacial score (nSPS) is 19.1. The van der Waals surface area contributed by atoms with Gasteiger partial charge in [-0.3, -0.25) is 0 Å². The first kappa shape index (κ1) is 17.1. The van der Waals surface area contributed by atoms with Gasteiger partial charge in [-0.05, 0) is 0 Å². The van der Waals surface area contributed by atoms with Crippen LogP contribution in [0.2, 0.25) is 0 Å². The molecule has 3 heterocycles. The van der Waals surface area contributed by atoms with Crippen LogP contribution in [0, 0.1) is 0 Å². The minimum absolute atomic E-state index is 1.07. The first-order valence-corrected chi connectivity index (χ1v) is 16.0. The van der Waals surface area contributed by atoms with Crippen LogP contribution in [0.4, 0.5) is 0 Å². The first-order valence-electron chi connectivity index (χ1n) is 9.92. The summed E-state index contributed by atoms with van der Waals surface area (Å²) in [5.74, 6) is 2.23. The van der Waals surface area contributed by atoms with Crippen LogP contribution in [-0.4, -0.2) is 33.1 Å². The van der Waals surface area contributed by atoms with E-state index < -0.39 is 21.4 Å². The average molecular weight is 481 g/mol. The molecule has 0 spiro atoms. The third kappa shape index (κ3) is 2.63. The van der Waals surface area contributed by atoms with E-state index >= 15 is 0 Å². The summed E-state index contributed by atoms with van der Waals surface area (Å²) in [6.45, 7) is 0. The quantitative estimate of drug-likeness (QED) is 0.578. The van der Waals surface area contributed by atoms with Crippen molar-refractivity contribution in [3.05, 3.63) is 98.5 Å². The van der Waals surface area contributed by atoms with Crippen LogP contribution in [-0.2, 0) is 6.42 Å². The number of hydrogen-bond donors (Lipinski definition) is 1. The molecule has 134 valence electrons. The molecule has 0 unspecified atom stereocenters. The molecule has 4 bridgehead atoms. The molecule has 3 aromatic carbocycles. The zero-order valence-electron chi connectivity index (χ0n) is 15.6. The summed E-state index contributed by atoms with van der Waals surface area (Å²) in [4.78, 5) is 0. The van der Waals surface area contributed by atoms with Gasteiger partial charge >= 0.3 is 179 Å². The van der Waals surface area contributed by atoms with E-state index in [4.69, 9.17) is 0 Å². The van der Waals surface area contributed by atoms with Gasteiger partial charge in [0.2, 0.25) is 0 Å². The Balaban J connectivity index is 1.42. The maximum absolute atomic E-state index is 3.69. The van der Waals surface area contributed by atoms with Gasteiger partial charge in [0.1, 0.15) is 0 Å². The fourth-order valence-corrected chi connectivity index (χ4v) is 17.1. The Kier molecular flexibility index (Phi) is 4.20. The number of thioether (sulfide) groups is 1. The SMILES string of the molecule is C1=[C](Cc2ccccc2-c2ccccc2)[In]2/[C](=C3/CSCN3)c3ccc[c]2c31. The average Bonchev–Trinajstić information content (AvgIpc) is 3.43. The number of allylic oxidation sites excluding steroid dienone is 1. The van der Waals surface area contributed by atoms with Crippen LogP contribution in [0.1, 0.15) is 16.7 Å². The molecule has 3 heteroatoms. The predicted molar refractivity (Wildman–Crippen MR) is 123 cm³/mol. The molecule has 0 atom stereocenters. The molecule has 1 saturated heterocycles. The molecule has 0 amide bonds. The van der Waals surface area contributed by atoms with Gasteiger partial charge in [-0.25, -0.2) is 0 Å². The van der Waals surface area contributed by atoms with Gasteiger partial charge in [0.05, 0.1) is 0 Å². The van der Waals surface area contributed by atoms with E-state index in [0.717, 1.165) is 18.1 Å². The Morgan fingerprint density at radius 3 is 2.50 bits per heavy atom. The van der Waals surface area contributed by atoms with E-state index in [1.165, 1.54) is 22.4 Å². The van der Waals surface area contributed by atoms with E-state index in [-0.39, 0.29) is 0 Å². The summed E-state index contributed by atoms with van der Waals surface area (Å²) in [6, 6.07) is 26.9. The predicted octanol–water partition coefficient (Wildman–Crippen LogP) is 4.79. The van der Waals surface area contributed by atoms with Crippen LogP contribution >= 0.6 is 11.8 Å². The zero-order chi connectivity index (χ0) is 18.5. The Morgan fingerprint density at radius 1 is 0.857 bits per heavy atom. The van der Waals surface area contributed by atoms with Crippen molar-refractivity contribution >= 4 is 45.9 Å². The Hall–Kier alpha value is -1.84. The molecule has 3 aliphatic heterocycles. The number of nitrogens with one attached hydrogen (secondary N) is 1. The van der Waals surface area contributed by atoms with Crippen LogP contribution in [0.15, 0.2) is 81.8 Å². The second-order valence-corrected chi connectivity index (χ2v) is 16.7. The van der Waals surface area contributed by atoms with Gasteiger partial charge in [0.15, 0.2) is 0 Å². The van der Waals surface area contributed by atoms with Crippen LogP contribution < -0.4 is 8.64 Å². The molecule has 0 saturated carbocycles. The second-order valence-electron chi connectivity index (χ2n) is 7.72.